The maximum atomic E-state index is 11.4. The fourth-order valence-corrected chi connectivity index (χ4v) is 0.958. The number of hydrogen-bond donors (Lipinski definition) is 3. The van der Waals surface area contributed by atoms with Crippen molar-refractivity contribution in [2.75, 3.05) is 5.32 Å². The van der Waals surface area contributed by atoms with E-state index in [9.17, 15) is 4.79 Å². The Labute approximate surface area is 83.3 Å². The number of rotatable bonds is 1. The van der Waals surface area contributed by atoms with E-state index < -0.39 is 0 Å². The molecular formula is C9H16N4O. The van der Waals surface area contributed by atoms with Crippen molar-refractivity contribution in [3.63, 3.8) is 0 Å². The number of aryl methyl sites for hydroxylation is 1. The van der Waals surface area contributed by atoms with Crippen LogP contribution in [-0.2, 0) is 0 Å². The Morgan fingerprint density at radius 1 is 1.50 bits per heavy atom. The summed E-state index contributed by atoms with van der Waals surface area (Å²) in [5, 5.41) is 12.0. The maximum absolute atomic E-state index is 11.4. The average molecular weight is 196 g/mol. The number of H-pyrrole nitrogens is 1. The van der Waals surface area contributed by atoms with Crippen LogP contribution in [0.3, 0.4) is 0 Å². The molecule has 1 heterocycles. The number of nitrogens with zero attached hydrogens (tertiary/aromatic N) is 1. The van der Waals surface area contributed by atoms with Crippen LogP contribution in [0.15, 0.2) is 6.20 Å². The van der Waals surface area contributed by atoms with Crippen molar-refractivity contribution < 1.29 is 4.79 Å². The van der Waals surface area contributed by atoms with Crippen molar-refractivity contribution in [1.82, 2.24) is 15.5 Å². The smallest absolute Gasteiger partial charge is 0.320 e. The van der Waals surface area contributed by atoms with Gasteiger partial charge in [0.25, 0.3) is 0 Å². The van der Waals surface area contributed by atoms with Crippen molar-refractivity contribution in [1.29, 1.82) is 0 Å². The van der Waals surface area contributed by atoms with Gasteiger partial charge in [0.15, 0.2) is 0 Å². The van der Waals surface area contributed by atoms with E-state index in [-0.39, 0.29) is 11.6 Å². The molecule has 0 aliphatic carbocycles. The van der Waals surface area contributed by atoms with Crippen LogP contribution in [0.25, 0.3) is 0 Å². The quantitative estimate of drug-likeness (QED) is 0.639. The van der Waals surface area contributed by atoms with Gasteiger partial charge in [-0.3, -0.25) is 10.4 Å². The van der Waals surface area contributed by atoms with Crippen molar-refractivity contribution >= 4 is 11.8 Å². The van der Waals surface area contributed by atoms with E-state index in [0.717, 1.165) is 5.56 Å². The van der Waals surface area contributed by atoms with Crippen molar-refractivity contribution in [2.45, 2.75) is 33.2 Å². The summed E-state index contributed by atoms with van der Waals surface area (Å²) in [6, 6.07) is -0.232. The van der Waals surface area contributed by atoms with E-state index in [2.05, 4.69) is 20.8 Å². The second-order valence-corrected chi connectivity index (χ2v) is 4.26. The van der Waals surface area contributed by atoms with E-state index >= 15 is 0 Å². The largest absolute Gasteiger partial charge is 0.333 e. The molecule has 0 fully saturated rings. The number of carbonyl (C=O) groups is 1. The number of carbonyl (C=O) groups excluding carboxylic acids is 1. The summed E-state index contributed by atoms with van der Waals surface area (Å²) in [5.74, 6) is 0.631. The van der Waals surface area contributed by atoms with Gasteiger partial charge in [-0.15, -0.1) is 0 Å². The number of nitrogens with one attached hydrogen (secondary N) is 3. The van der Waals surface area contributed by atoms with Gasteiger partial charge in [0.05, 0.1) is 6.20 Å². The van der Waals surface area contributed by atoms with Gasteiger partial charge in [-0.1, -0.05) is 0 Å². The molecule has 0 bridgehead atoms. The molecule has 5 heteroatoms. The molecule has 0 aliphatic heterocycles. The van der Waals surface area contributed by atoms with Crippen molar-refractivity contribution in [2.24, 2.45) is 0 Å². The van der Waals surface area contributed by atoms with Crippen LogP contribution in [-0.4, -0.2) is 21.8 Å². The molecule has 1 aromatic heterocycles. The predicted octanol–water partition coefficient (Wildman–Crippen LogP) is 1.64. The molecule has 5 nitrogen and oxygen atoms in total. The van der Waals surface area contributed by atoms with Gasteiger partial charge < -0.3 is 5.32 Å². The Morgan fingerprint density at radius 3 is 2.57 bits per heavy atom. The van der Waals surface area contributed by atoms with Crippen LogP contribution in [0, 0.1) is 6.92 Å². The first-order chi connectivity index (χ1) is 6.38. The molecule has 0 spiro atoms. The third-order valence-electron chi connectivity index (χ3n) is 1.56. The van der Waals surface area contributed by atoms with Gasteiger partial charge in [-0.25, -0.2) is 4.79 Å². The lowest BCUT2D eigenvalue weighted by Gasteiger charge is -2.20. The highest BCUT2D eigenvalue weighted by Gasteiger charge is 2.14. The first kappa shape index (κ1) is 10.6. The predicted molar refractivity (Wildman–Crippen MR) is 55.2 cm³/mol. The molecule has 2 amide bonds. The normalized spacial score (nSPS) is 11.1. The lowest BCUT2D eigenvalue weighted by atomic mass is 10.1. The van der Waals surface area contributed by atoms with Crippen LogP contribution < -0.4 is 10.6 Å². The van der Waals surface area contributed by atoms with Gasteiger partial charge in [-0.05, 0) is 27.7 Å². The molecule has 0 radical (unpaired) electrons. The molecule has 14 heavy (non-hydrogen) atoms. The zero-order valence-electron chi connectivity index (χ0n) is 8.93. The number of anilines is 1. The second kappa shape index (κ2) is 3.69. The van der Waals surface area contributed by atoms with Crippen LogP contribution in [0.4, 0.5) is 10.6 Å². The lowest BCUT2D eigenvalue weighted by Crippen LogP contribution is -2.43. The van der Waals surface area contributed by atoms with Gasteiger partial charge >= 0.3 is 6.03 Å². The zero-order chi connectivity index (χ0) is 10.8. The van der Waals surface area contributed by atoms with E-state index in [0.29, 0.717) is 5.82 Å². The van der Waals surface area contributed by atoms with Gasteiger partial charge in [0.1, 0.15) is 5.82 Å². The molecule has 0 aliphatic rings. The summed E-state index contributed by atoms with van der Waals surface area (Å²) < 4.78 is 0. The number of urea groups is 1. The number of aromatic nitrogens is 2. The first-order valence-corrected chi connectivity index (χ1v) is 4.47. The molecule has 3 N–H and O–H groups in total. The third kappa shape index (κ3) is 3.08. The number of amides is 2. The second-order valence-electron chi connectivity index (χ2n) is 4.26. The summed E-state index contributed by atoms with van der Waals surface area (Å²) in [6.45, 7) is 7.64. The molecular weight excluding hydrogens is 180 g/mol. The minimum atomic E-state index is -0.238. The Morgan fingerprint density at radius 2 is 2.14 bits per heavy atom. The van der Waals surface area contributed by atoms with E-state index in [1.54, 1.807) is 6.20 Å². The van der Waals surface area contributed by atoms with Crippen molar-refractivity contribution in [3.05, 3.63) is 11.8 Å². The molecule has 0 atom stereocenters. The van der Waals surface area contributed by atoms with Crippen LogP contribution in [0.5, 0.6) is 0 Å². The molecule has 0 unspecified atom stereocenters. The minimum absolute atomic E-state index is 0.232. The molecule has 0 saturated heterocycles. The number of aromatic amines is 1. The molecule has 1 aromatic rings. The molecule has 78 valence electrons. The van der Waals surface area contributed by atoms with Crippen LogP contribution in [0.1, 0.15) is 26.3 Å². The van der Waals surface area contributed by atoms with E-state index in [1.165, 1.54) is 0 Å². The van der Waals surface area contributed by atoms with Crippen LogP contribution >= 0.6 is 0 Å². The summed E-state index contributed by atoms with van der Waals surface area (Å²) in [6.07, 6.45) is 1.66. The standard InChI is InChI=1S/C9H16N4O/c1-6-5-10-13-7(6)11-8(14)12-9(2,3)4/h5H,1-4H3,(H3,10,11,12,13,14). The Bertz CT molecular complexity index is 324. The minimum Gasteiger partial charge on any atom is -0.333 e. The van der Waals surface area contributed by atoms with E-state index in [4.69, 9.17) is 0 Å². The SMILES string of the molecule is Cc1cn[nH]c1NC(=O)NC(C)(C)C. The lowest BCUT2D eigenvalue weighted by molar-refractivity contribution is 0.243. The molecule has 1 rings (SSSR count). The van der Waals surface area contributed by atoms with Crippen molar-refractivity contribution in [3.8, 4) is 0 Å². The Hall–Kier alpha value is -1.52. The topological polar surface area (TPSA) is 69.8 Å². The summed E-state index contributed by atoms with van der Waals surface area (Å²) in [4.78, 5) is 11.4. The monoisotopic (exact) mass is 196 g/mol. The van der Waals surface area contributed by atoms with Gasteiger partial charge in [0.2, 0.25) is 0 Å². The highest BCUT2D eigenvalue weighted by atomic mass is 16.2. The highest BCUT2D eigenvalue weighted by molar-refractivity contribution is 5.89. The summed E-state index contributed by atoms with van der Waals surface area (Å²) in [7, 11) is 0. The summed E-state index contributed by atoms with van der Waals surface area (Å²) in [5.41, 5.74) is 0.673. The van der Waals surface area contributed by atoms with Gasteiger partial charge in [0, 0.05) is 11.1 Å². The fourth-order valence-electron chi connectivity index (χ4n) is 0.958. The average Bonchev–Trinajstić information content (AvgIpc) is 2.32. The first-order valence-electron chi connectivity index (χ1n) is 4.47. The maximum Gasteiger partial charge on any atom is 0.320 e. The Kier molecular flexibility index (Phi) is 2.78. The highest BCUT2D eigenvalue weighted by Crippen LogP contribution is 2.08. The molecule has 0 saturated carbocycles. The third-order valence-corrected chi connectivity index (χ3v) is 1.56. The zero-order valence-corrected chi connectivity index (χ0v) is 8.93. The molecule has 0 aromatic carbocycles. The van der Waals surface area contributed by atoms with Crippen LogP contribution in [0.2, 0.25) is 0 Å². The van der Waals surface area contributed by atoms with E-state index in [1.807, 2.05) is 27.7 Å². The van der Waals surface area contributed by atoms with Gasteiger partial charge in [-0.2, -0.15) is 5.10 Å². The summed E-state index contributed by atoms with van der Waals surface area (Å²) >= 11 is 0. The Balaban J connectivity index is 2.54. The number of hydrogen-bond acceptors (Lipinski definition) is 2. The fraction of sp³-hybridized carbons (Fsp3) is 0.556.